The molecule has 11 nitrogen and oxygen atoms in total. The predicted molar refractivity (Wildman–Crippen MR) is 592 cm³/mol. The second kappa shape index (κ2) is 103. The molecule has 0 unspecified atom stereocenters. The molecule has 15 heteroatoms. The second-order valence-corrected chi connectivity index (χ2v) is 48.4. The summed E-state index contributed by atoms with van der Waals surface area (Å²) in [5.41, 5.74) is 17.2. The largest absolute Gasteiger partial charge is 0.381 e. The first-order chi connectivity index (χ1) is 52.1. The molecule has 15 aliphatic rings. The maximum atomic E-state index is 11.0. The minimum Gasteiger partial charge on any atom is -0.381 e. The van der Waals surface area contributed by atoms with Crippen LogP contribution in [0.3, 0.4) is 0 Å². The van der Waals surface area contributed by atoms with Gasteiger partial charge in [0.15, 0.2) is 0 Å². The molecule has 15 aliphatic heterocycles. The van der Waals surface area contributed by atoms with Crippen LogP contribution < -0.4 is 27.4 Å². The fraction of sp³-hybridized carbons (Fsp3) is 0.710. The Hall–Kier alpha value is -3.54. The van der Waals surface area contributed by atoms with Gasteiger partial charge < -0.3 is 47.0 Å². The van der Waals surface area contributed by atoms with Gasteiger partial charge in [0.05, 0.1) is 6.54 Å². The normalized spacial score (nSPS) is 21.9. The van der Waals surface area contributed by atoms with Crippen molar-refractivity contribution in [3.8, 4) is 0 Å². The first-order valence-corrected chi connectivity index (χ1v) is 60.9. The van der Waals surface area contributed by atoms with Gasteiger partial charge in [0.25, 0.3) is 0 Å². The van der Waals surface area contributed by atoms with Crippen LogP contribution in [0.15, 0.2) is 152 Å². The number of para-hydroxylation sites is 4. The third kappa shape index (κ3) is 76.5. The number of carbonyl (C=O) groups is 1. The quantitative estimate of drug-likeness (QED) is 0.0791. The average Bonchev–Trinajstić information content (AvgIpc) is 0.812. The fourth-order valence-corrected chi connectivity index (χ4v) is 13.4. The van der Waals surface area contributed by atoms with Crippen LogP contribution in [0, 0.1) is 36.5 Å². The van der Waals surface area contributed by atoms with Gasteiger partial charge in [-0.25, -0.2) is 0 Å². The molecule has 0 aliphatic carbocycles. The molecular weight excluding hydrogens is 1700 g/mol. The maximum absolute atomic E-state index is 11.0. The summed E-state index contributed by atoms with van der Waals surface area (Å²) in [6.07, 6.45) is 17.0. The van der Waals surface area contributed by atoms with Gasteiger partial charge in [-0.1, -0.05) is 356 Å². The number of nitrogens with two attached hydrogens (primary N) is 2. The van der Waals surface area contributed by atoms with Crippen molar-refractivity contribution in [1.82, 2.24) is 24.5 Å². The molecule has 10 bridgehead atoms. The van der Waals surface area contributed by atoms with Gasteiger partial charge in [-0.2, -0.15) is 0 Å². The Morgan fingerprint density at radius 1 is 0.328 bits per heavy atom. The predicted octanol–water partition coefficient (Wildman–Crippen LogP) is 31.7. The van der Waals surface area contributed by atoms with Gasteiger partial charge in [0.2, 0.25) is 0 Å². The molecular formula is C107H228B2N10OSn2. The fourth-order valence-electron chi connectivity index (χ4n) is 13.4. The van der Waals surface area contributed by atoms with Crippen LogP contribution in [-0.2, 0) is 4.79 Å². The van der Waals surface area contributed by atoms with E-state index >= 15 is 0 Å². The molecule has 5 aromatic carbocycles. The van der Waals surface area contributed by atoms with Gasteiger partial charge >= 0.3 is 69.2 Å². The van der Waals surface area contributed by atoms with Crippen LogP contribution in [0.25, 0.3) is 0 Å². The van der Waals surface area contributed by atoms with E-state index in [0.29, 0.717) is 35.9 Å². The van der Waals surface area contributed by atoms with Crippen molar-refractivity contribution in [1.29, 1.82) is 0 Å². The Labute approximate surface area is 789 Å². The van der Waals surface area contributed by atoms with Crippen molar-refractivity contribution in [2.45, 2.75) is 372 Å². The van der Waals surface area contributed by atoms with Crippen LogP contribution in [0.2, 0.25) is 56.9 Å². The van der Waals surface area contributed by atoms with Crippen LogP contribution in [0.1, 0.15) is 290 Å². The first kappa shape index (κ1) is 156. The molecule has 15 saturated heterocycles. The summed E-state index contributed by atoms with van der Waals surface area (Å²) in [7, 11) is 0. The van der Waals surface area contributed by atoms with E-state index in [1.54, 1.807) is 0 Å². The van der Waals surface area contributed by atoms with E-state index in [-0.39, 0.29) is 104 Å². The van der Waals surface area contributed by atoms with E-state index in [2.05, 4.69) is 249 Å². The smallest absolute Gasteiger partial charge is 0.0417 e. The molecule has 7 N–H and O–H groups in total. The summed E-state index contributed by atoms with van der Waals surface area (Å²) >= 11 is -1.09. The molecule has 15 heterocycles. The van der Waals surface area contributed by atoms with Gasteiger partial charge in [-0.15, -0.1) is 0 Å². The molecule has 0 saturated carbocycles. The minimum atomic E-state index is -0.543. The molecule has 0 spiro atoms. The number of benzene rings is 5. The van der Waals surface area contributed by atoms with Crippen LogP contribution in [0.5, 0.6) is 0 Å². The van der Waals surface area contributed by atoms with Crippen molar-refractivity contribution in [2.75, 3.05) is 120 Å². The molecule has 0 aromatic heterocycles. The number of rotatable bonds is 7. The summed E-state index contributed by atoms with van der Waals surface area (Å²) in [4.78, 5) is 37.7. The number of Topliss-reactive ketones (excluding diaryl/α,β-unsaturated/α-hetero) is 1. The first-order valence-electron chi connectivity index (χ1n) is 43.8. The second-order valence-electron chi connectivity index (χ2n) is 31.3. The van der Waals surface area contributed by atoms with Crippen LogP contribution >= 0.6 is 0 Å². The Morgan fingerprint density at radius 3 is 0.639 bits per heavy atom. The molecule has 0 amide bonds. The zero-order valence-electron chi connectivity index (χ0n) is 74.9. The molecule has 15 fully saturated rings. The van der Waals surface area contributed by atoms with Crippen LogP contribution in [-0.4, -0.2) is 205 Å². The molecule has 2 radical (unpaired) electrons. The van der Waals surface area contributed by atoms with Crippen LogP contribution in [0.4, 0.5) is 22.7 Å². The Balaban J connectivity index is -0.0000000722. The van der Waals surface area contributed by atoms with E-state index in [9.17, 15) is 4.79 Å². The number of carbonyl (C=O) groups excluding carboxylic acids is 1. The van der Waals surface area contributed by atoms with Crippen molar-refractivity contribution in [2.24, 2.45) is 35.3 Å². The van der Waals surface area contributed by atoms with Gasteiger partial charge in [0.1, 0.15) is 19.0 Å². The monoisotopic (exact) mass is 1930 g/mol. The van der Waals surface area contributed by atoms with Crippen molar-refractivity contribution < 1.29 is 4.79 Å². The maximum Gasteiger partial charge on any atom is 0.0417 e. The molecule has 122 heavy (non-hydrogen) atoms. The average molecular weight is 1930 g/mol. The molecule has 726 valence electrons. The number of hydrogen-bond donors (Lipinski definition) is 5. The Morgan fingerprint density at radius 2 is 0.525 bits per heavy atom. The molecule has 20 rings (SSSR count). The van der Waals surface area contributed by atoms with E-state index < -0.39 is 39.5 Å². The number of nitrogens with one attached hydrogen (secondary N) is 3. The van der Waals surface area contributed by atoms with Crippen molar-refractivity contribution >= 4 is 81.3 Å². The summed E-state index contributed by atoms with van der Waals surface area (Å²) in [5, 5.41) is 11.0. The summed E-state index contributed by atoms with van der Waals surface area (Å²) < 4.78 is 0. The minimum absolute atomic E-state index is 0. The number of nitrogens with zero attached hydrogens (tertiary/aromatic N) is 5. The third-order valence-electron chi connectivity index (χ3n) is 19.5. The number of fused-ring (bicyclic) bond motifs is 15. The number of aryl methyl sites for hydroxylation is 1. The number of nitrogen functional groups attached to an aromatic ring is 1. The summed E-state index contributed by atoms with van der Waals surface area (Å²) in [6, 6.07) is 54.1. The van der Waals surface area contributed by atoms with Gasteiger partial charge in [-0.3, -0.25) is 9.69 Å². The topological polar surface area (TPSA) is 121 Å². The van der Waals surface area contributed by atoms with E-state index in [4.69, 9.17) is 11.5 Å². The standard InChI is InChI=1S/3C13H18N2.C7H14N2.C7H11NO.C7H8.C6H7N.C4H12B2.3C3H8.4C2H6.14CH4.6CH3.2Sn/c3*1-2-4-12(5-3-1)14-13-10-15-8-6-11(13)7-9-15;8-7-5-9-3-1-6(7)2-4-9;9-7-5-8-3-1-6(7)2-4-8;1-7-5-3-2-4-6-7;7-6-4-2-1-3-5-6;1-5(2)6(3)4;3*1-3-2;4*1-2;;;;;;;;;;;;;;;;;;;;;;/h3*1-5,11,13-14H,6-10H2;6-7H,1-5,8H2;6H,1-5H2;2-6H,1H3;1-5H,7H2;1-4H3;3*3H2,1-2H3;4*1-2H3;14*1H4;6*1H3;;/t3*13-;7-;;;;;;;;;;;;;;;;;;;;;;;;;;;;;;;;;/m0000................................./s1. The van der Waals surface area contributed by atoms with Gasteiger partial charge in [-0.05, 0) is 209 Å². The van der Waals surface area contributed by atoms with E-state index in [1.165, 1.54) is 165 Å². The van der Waals surface area contributed by atoms with Gasteiger partial charge in [0, 0.05) is 79.0 Å². The number of anilines is 4. The number of ketones is 1. The summed E-state index contributed by atoms with van der Waals surface area (Å²) in [5.74, 6) is 4.47. The number of piperidine rings is 15. The third-order valence-corrected chi connectivity index (χ3v) is 19.5. The molecule has 4 atom stereocenters. The molecule has 5 aromatic rings. The summed E-state index contributed by atoms with van der Waals surface area (Å²) in [6.45, 7) is 59.9. The Bertz CT molecular complexity index is 2450. The zero-order valence-corrected chi connectivity index (χ0v) is 80.6. The number of hydrogen-bond acceptors (Lipinski definition) is 11. The van der Waals surface area contributed by atoms with E-state index in [0.717, 1.165) is 81.6 Å². The zero-order chi connectivity index (χ0) is 81.5. The Kier molecular flexibility index (Phi) is 131. The van der Waals surface area contributed by atoms with Crippen molar-refractivity contribution in [3.05, 3.63) is 157 Å². The van der Waals surface area contributed by atoms with E-state index in [1.807, 2.05) is 104 Å². The van der Waals surface area contributed by atoms with Crippen molar-refractivity contribution in [3.63, 3.8) is 0 Å². The SMILES string of the molecule is C.C.C.C.C.C.C.C.C.C.C.C.C.C.CB(C)B(C)C.CC.CC.CC.CC.CCC.CCC.CCC.Cc1ccccc1.N[C@H]1CN2CCC1CC2.Nc1ccccc1.O=C1CN2CCC1CC2.[CH3][Sn]([CH3])[CH3].[CH3][Sn]([CH3])[CH3].c1ccc(N[C@H]2CN3CCC2CC3)cc1.c1ccc(N[C@H]2CN3CCC2CC3)cc1.c1ccc(N[C@H]2CN3CCC2CC3)cc1.